The zero-order valence-electron chi connectivity index (χ0n) is 13.2. The van der Waals surface area contributed by atoms with Gasteiger partial charge in [0.1, 0.15) is 0 Å². The van der Waals surface area contributed by atoms with Gasteiger partial charge in [0, 0.05) is 32.0 Å². The molecule has 2 heterocycles. The summed E-state index contributed by atoms with van der Waals surface area (Å²) in [6.07, 6.45) is 9.99. The summed E-state index contributed by atoms with van der Waals surface area (Å²) >= 11 is 0. The van der Waals surface area contributed by atoms with Gasteiger partial charge in [-0.25, -0.2) is 0 Å². The molecule has 2 N–H and O–H groups in total. The van der Waals surface area contributed by atoms with Gasteiger partial charge in [-0.1, -0.05) is 12.5 Å². The van der Waals surface area contributed by atoms with Crippen molar-refractivity contribution in [3.8, 4) is 0 Å². The Balaban J connectivity index is 1.64. The molecule has 0 aromatic carbocycles. The van der Waals surface area contributed by atoms with Gasteiger partial charge in [-0.05, 0) is 63.5 Å². The molecular formula is C17H30N4. The summed E-state index contributed by atoms with van der Waals surface area (Å²) in [6, 6.07) is 4.20. The van der Waals surface area contributed by atoms with Crippen molar-refractivity contribution in [2.45, 2.75) is 32.1 Å². The minimum atomic E-state index is 0.835. The average molecular weight is 290 g/mol. The van der Waals surface area contributed by atoms with Gasteiger partial charge in [0.2, 0.25) is 0 Å². The lowest BCUT2D eigenvalue weighted by Gasteiger charge is -2.21. The van der Waals surface area contributed by atoms with E-state index < -0.39 is 0 Å². The maximum Gasteiger partial charge on any atom is 0.0300 e. The van der Waals surface area contributed by atoms with Gasteiger partial charge < -0.3 is 15.5 Å². The van der Waals surface area contributed by atoms with Gasteiger partial charge >= 0.3 is 0 Å². The number of nitrogens with two attached hydrogens (primary N) is 1. The molecule has 118 valence electrons. The molecule has 2 rings (SSSR count). The van der Waals surface area contributed by atoms with Crippen molar-refractivity contribution < 1.29 is 0 Å². The SMILES string of the molecule is NCCCCCN1CCCN(CCc2cccnc2)CC1. The fourth-order valence-electron chi connectivity index (χ4n) is 2.96. The molecule has 0 spiro atoms. The van der Waals surface area contributed by atoms with Crippen LogP contribution in [0, 0.1) is 0 Å². The van der Waals surface area contributed by atoms with E-state index in [-0.39, 0.29) is 0 Å². The average Bonchev–Trinajstić information content (AvgIpc) is 2.76. The molecule has 0 aliphatic carbocycles. The number of rotatable bonds is 8. The van der Waals surface area contributed by atoms with Crippen molar-refractivity contribution in [2.75, 3.05) is 45.8 Å². The highest BCUT2D eigenvalue weighted by molar-refractivity contribution is 5.08. The molecule has 0 amide bonds. The monoisotopic (exact) mass is 290 g/mol. The van der Waals surface area contributed by atoms with Gasteiger partial charge in [-0.15, -0.1) is 0 Å². The Hall–Kier alpha value is -0.970. The zero-order valence-corrected chi connectivity index (χ0v) is 13.2. The van der Waals surface area contributed by atoms with Gasteiger partial charge in [-0.3, -0.25) is 4.98 Å². The van der Waals surface area contributed by atoms with E-state index in [0.717, 1.165) is 19.5 Å². The summed E-state index contributed by atoms with van der Waals surface area (Å²) < 4.78 is 0. The zero-order chi connectivity index (χ0) is 14.8. The lowest BCUT2D eigenvalue weighted by Crippen LogP contribution is -2.32. The molecule has 1 fully saturated rings. The fraction of sp³-hybridized carbons (Fsp3) is 0.706. The van der Waals surface area contributed by atoms with E-state index in [9.17, 15) is 0 Å². The third-order valence-corrected chi connectivity index (χ3v) is 4.30. The molecule has 4 nitrogen and oxygen atoms in total. The van der Waals surface area contributed by atoms with Crippen LogP contribution in [0.2, 0.25) is 0 Å². The van der Waals surface area contributed by atoms with Crippen molar-refractivity contribution >= 4 is 0 Å². The van der Waals surface area contributed by atoms with Crippen LogP contribution in [0.25, 0.3) is 0 Å². The van der Waals surface area contributed by atoms with Crippen LogP contribution in [0.3, 0.4) is 0 Å². The second kappa shape index (κ2) is 9.87. The number of aromatic nitrogens is 1. The van der Waals surface area contributed by atoms with Crippen molar-refractivity contribution in [2.24, 2.45) is 5.73 Å². The van der Waals surface area contributed by atoms with E-state index in [1.807, 2.05) is 18.5 Å². The molecule has 0 saturated carbocycles. The first kappa shape index (κ1) is 16.4. The summed E-state index contributed by atoms with van der Waals surface area (Å²) in [5.74, 6) is 0. The number of hydrogen-bond acceptors (Lipinski definition) is 4. The molecule has 4 heteroatoms. The highest BCUT2D eigenvalue weighted by atomic mass is 15.2. The quantitative estimate of drug-likeness (QED) is 0.741. The first-order chi connectivity index (χ1) is 10.4. The van der Waals surface area contributed by atoms with Crippen LogP contribution in [-0.2, 0) is 6.42 Å². The largest absolute Gasteiger partial charge is 0.330 e. The predicted molar refractivity (Wildman–Crippen MR) is 88.3 cm³/mol. The van der Waals surface area contributed by atoms with Crippen molar-refractivity contribution in [1.29, 1.82) is 0 Å². The van der Waals surface area contributed by atoms with Crippen LogP contribution in [0.4, 0.5) is 0 Å². The van der Waals surface area contributed by atoms with E-state index >= 15 is 0 Å². The summed E-state index contributed by atoms with van der Waals surface area (Å²) in [5, 5.41) is 0. The second-order valence-corrected chi connectivity index (χ2v) is 6.00. The maximum absolute atomic E-state index is 5.55. The Morgan fingerprint density at radius 3 is 2.52 bits per heavy atom. The standard InChI is InChI=1S/C17H30N4/c18-8-2-1-3-10-20-11-5-12-21(15-14-20)13-7-17-6-4-9-19-16-17/h4,6,9,16H,1-3,5,7-8,10-15,18H2. The Kier molecular flexibility index (Phi) is 7.71. The summed E-state index contributed by atoms with van der Waals surface area (Å²) in [4.78, 5) is 9.42. The van der Waals surface area contributed by atoms with E-state index in [0.29, 0.717) is 0 Å². The molecule has 1 aliphatic rings. The molecule has 1 aliphatic heterocycles. The van der Waals surface area contributed by atoms with E-state index in [1.165, 1.54) is 64.0 Å². The van der Waals surface area contributed by atoms with Gasteiger partial charge in [0.05, 0.1) is 0 Å². The summed E-state index contributed by atoms with van der Waals surface area (Å²) in [7, 11) is 0. The van der Waals surface area contributed by atoms with Crippen LogP contribution >= 0.6 is 0 Å². The van der Waals surface area contributed by atoms with Gasteiger partial charge in [-0.2, -0.15) is 0 Å². The maximum atomic E-state index is 5.55. The molecule has 1 aromatic rings. The van der Waals surface area contributed by atoms with Crippen LogP contribution < -0.4 is 5.73 Å². The van der Waals surface area contributed by atoms with Crippen LogP contribution in [0.5, 0.6) is 0 Å². The summed E-state index contributed by atoms with van der Waals surface area (Å²) in [5.41, 5.74) is 6.90. The fourth-order valence-corrected chi connectivity index (χ4v) is 2.96. The lowest BCUT2D eigenvalue weighted by molar-refractivity contribution is 0.254. The third-order valence-electron chi connectivity index (χ3n) is 4.30. The number of nitrogens with zero attached hydrogens (tertiary/aromatic N) is 3. The van der Waals surface area contributed by atoms with Crippen molar-refractivity contribution in [1.82, 2.24) is 14.8 Å². The molecule has 0 radical (unpaired) electrons. The van der Waals surface area contributed by atoms with Crippen molar-refractivity contribution in [3.05, 3.63) is 30.1 Å². The molecule has 1 aromatic heterocycles. The number of unbranched alkanes of at least 4 members (excludes halogenated alkanes) is 2. The molecule has 0 unspecified atom stereocenters. The topological polar surface area (TPSA) is 45.4 Å². The minimum Gasteiger partial charge on any atom is -0.330 e. The van der Waals surface area contributed by atoms with E-state index in [4.69, 9.17) is 5.73 Å². The summed E-state index contributed by atoms with van der Waals surface area (Å²) in [6.45, 7) is 8.16. The second-order valence-electron chi connectivity index (χ2n) is 6.00. The lowest BCUT2D eigenvalue weighted by atomic mass is 10.2. The predicted octanol–water partition coefficient (Wildman–Crippen LogP) is 1.76. The first-order valence-electron chi connectivity index (χ1n) is 8.42. The van der Waals surface area contributed by atoms with Crippen LogP contribution in [0.15, 0.2) is 24.5 Å². The highest BCUT2D eigenvalue weighted by Crippen LogP contribution is 2.07. The Morgan fingerprint density at radius 2 is 1.81 bits per heavy atom. The molecule has 21 heavy (non-hydrogen) atoms. The Morgan fingerprint density at radius 1 is 1.00 bits per heavy atom. The van der Waals surface area contributed by atoms with E-state index in [2.05, 4.69) is 20.9 Å². The third kappa shape index (κ3) is 6.55. The molecule has 1 saturated heterocycles. The highest BCUT2D eigenvalue weighted by Gasteiger charge is 2.14. The van der Waals surface area contributed by atoms with Gasteiger partial charge in [0.25, 0.3) is 0 Å². The Bertz CT molecular complexity index is 368. The Labute approximate surface area is 129 Å². The van der Waals surface area contributed by atoms with Crippen LogP contribution in [-0.4, -0.2) is 60.6 Å². The van der Waals surface area contributed by atoms with Crippen molar-refractivity contribution in [3.63, 3.8) is 0 Å². The number of hydrogen-bond donors (Lipinski definition) is 1. The normalized spacial score (nSPS) is 17.8. The minimum absolute atomic E-state index is 0.835. The van der Waals surface area contributed by atoms with Crippen LogP contribution in [0.1, 0.15) is 31.2 Å². The molecule has 0 atom stereocenters. The van der Waals surface area contributed by atoms with E-state index in [1.54, 1.807) is 0 Å². The molecular weight excluding hydrogens is 260 g/mol. The smallest absolute Gasteiger partial charge is 0.0300 e. The number of pyridine rings is 1. The first-order valence-corrected chi connectivity index (χ1v) is 8.42. The van der Waals surface area contributed by atoms with Gasteiger partial charge in [0.15, 0.2) is 0 Å². The molecule has 0 bridgehead atoms.